The van der Waals surface area contributed by atoms with Gasteiger partial charge in [-0.1, -0.05) is 0 Å². The molecular weight excluding hydrogens is 221 g/mol. The molecule has 0 fully saturated rings. The number of aryl methyl sites for hydroxylation is 3. The van der Waals surface area contributed by atoms with Gasteiger partial charge in [-0.05, 0) is 13.0 Å². The van der Waals surface area contributed by atoms with Crippen LogP contribution in [0, 0.1) is 6.92 Å². The third-order valence-electron chi connectivity index (χ3n) is 2.64. The Labute approximate surface area is 99.2 Å². The van der Waals surface area contributed by atoms with Gasteiger partial charge in [0.1, 0.15) is 6.67 Å². The molecule has 0 aromatic carbocycles. The summed E-state index contributed by atoms with van der Waals surface area (Å²) in [6, 6.07) is 1.95. The van der Waals surface area contributed by atoms with Gasteiger partial charge in [0, 0.05) is 19.4 Å². The zero-order chi connectivity index (χ0) is 12.3. The van der Waals surface area contributed by atoms with Gasteiger partial charge in [-0.2, -0.15) is 10.2 Å². The summed E-state index contributed by atoms with van der Waals surface area (Å²) in [6.07, 6.45) is 3.58. The zero-order valence-electron chi connectivity index (χ0n) is 10.0. The van der Waals surface area contributed by atoms with Crippen LogP contribution in [-0.4, -0.2) is 26.2 Å². The fourth-order valence-corrected chi connectivity index (χ4v) is 1.65. The molecular formula is C11H16FN5. The lowest BCUT2D eigenvalue weighted by atomic mass is 10.3. The van der Waals surface area contributed by atoms with E-state index in [1.165, 1.54) is 0 Å². The van der Waals surface area contributed by atoms with Crippen LogP contribution in [0.4, 0.5) is 10.1 Å². The molecule has 0 aliphatic rings. The molecule has 1 N–H and O–H groups in total. The summed E-state index contributed by atoms with van der Waals surface area (Å²) in [6.45, 7) is 2.48. The van der Waals surface area contributed by atoms with E-state index < -0.39 is 6.67 Å². The molecule has 6 heteroatoms. The average Bonchev–Trinajstić information content (AvgIpc) is 2.83. The van der Waals surface area contributed by atoms with E-state index in [2.05, 4.69) is 15.5 Å². The van der Waals surface area contributed by atoms with E-state index in [4.69, 9.17) is 0 Å². The van der Waals surface area contributed by atoms with Crippen molar-refractivity contribution in [3.05, 3.63) is 29.8 Å². The Morgan fingerprint density at radius 3 is 2.94 bits per heavy atom. The average molecular weight is 237 g/mol. The van der Waals surface area contributed by atoms with Crippen molar-refractivity contribution in [1.82, 2.24) is 19.6 Å². The Morgan fingerprint density at radius 2 is 2.29 bits per heavy atom. The number of rotatable bonds is 5. The fourth-order valence-electron chi connectivity index (χ4n) is 1.65. The predicted molar refractivity (Wildman–Crippen MR) is 63.5 cm³/mol. The summed E-state index contributed by atoms with van der Waals surface area (Å²) in [5.41, 5.74) is 2.89. The van der Waals surface area contributed by atoms with Crippen LogP contribution in [0.1, 0.15) is 11.4 Å². The van der Waals surface area contributed by atoms with Gasteiger partial charge in [0.25, 0.3) is 0 Å². The Hall–Kier alpha value is -1.85. The number of nitrogens with one attached hydrogen (secondary N) is 1. The van der Waals surface area contributed by atoms with Crippen molar-refractivity contribution < 1.29 is 4.39 Å². The number of hydrogen-bond acceptors (Lipinski definition) is 3. The molecule has 2 heterocycles. The first-order valence-electron chi connectivity index (χ1n) is 5.51. The number of nitrogens with zero attached hydrogens (tertiary/aromatic N) is 4. The quantitative estimate of drug-likeness (QED) is 0.857. The van der Waals surface area contributed by atoms with Gasteiger partial charge in [0.15, 0.2) is 0 Å². The number of aromatic nitrogens is 4. The summed E-state index contributed by atoms with van der Waals surface area (Å²) >= 11 is 0. The van der Waals surface area contributed by atoms with Crippen LogP contribution in [0.3, 0.4) is 0 Å². The summed E-state index contributed by atoms with van der Waals surface area (Å²) in [5, 5.41) is 11.6. The van der Waals surface area contributed by atoms with E-state index in [0.717, 1.165) is 17.1 Å². The van der Waals surface area contributed by atoms with Gasteiger partial charge in [0.2, 0.25) is 0 Å². The second kappa shape index (κ2) is 4.99. The lowest BCUT2D eigenvalue weighted by Gasteiger charge is -2.04. The maximum absolute atomic E-state index is 12.2. The Kier molecular flexibility index (Phi) is 3.41. The number of halogens is 1. The summed E-state index contributed by atoms with van der Waals surface area (Å²) in [5.74, 6) is 0. The van der Waals surface area contributed by atoms with Crippen LogP contribution >= 0.6 is 0 Å². The minimum atomic E-state index is -0.401. The Bertz CT molecular complexity index is 488. The van der Waals surface area contributed by atoms with Gasteiger partial charge < -0.3 is 5.32 Å². The van der Waals surface area contributed by atoms with Crippen molar-refractivity contribution in [2.45, 2.75) is 20.0 Å². The van der Waals surface area contributed by atoms with Gasteiger partial charge in [-0.3, -0.25) is 9.36 Å². The first-order chi connectivity index (χ1) is 8.20. The van der Waals surface area contributed by atoms with Crippen LogP contribution < -0.4 is 5.32 Å². The van der Waals surface area contributed by atoms with Crippen molar-refractivity contribution in [3.8, 4) is 0 Å². The molecule has 2 aromatic heterocycles. The molecule has 2 rings (SSSR count). The Morgan fingerprint density at radius 1 is 1.47 bits per heavy atom. The van der Waals surface area contributed by atoms with E-state index >= 15 is 0 Å². The zero-order valence-corrected chi connectivity index (χ0v) is 10.0. The summed E-state index contributed by atoms with van der Waals surface area (Å²) in [4.78, 5) is 0. The van der Waals surface area contributed by atoms with Crippen molar-refractivity contribution >= 4 is 5.69 Å². The summed E-state index contributed by atoms with van der Waals surface area (Å²) in [7, 11) is 1.90. The molecule has 0 unspecified atom stereocenters. The highest BCUT2D eigenvalue weighted by Gasteiger charge is 2.05. The molecule has 5 nitrogen and oxygen atoms in total. The SMILES string of the molecule is Cc1nn(CCF)cc1NCc1ccnn1C. The minimum absolute atomic E-state index is 0.300. The van der Waals surface area contributed by atoms with E-state index in [1.807, 2.05) is 30.9 Å². The van der Waals surface area contributed by atoms with Crippen molar-refractivity contribution in [2.75, 3.05) is 12.0 Å². The fraction of sp³-hybridized carbons (Fsp3) is 0.455. The number of anilines is 1. The van der Waals surface area contributed by atoms with Gasteiger partial charge >= 0.3 is 0 Å². The van der Waals surface area contributed by atoms with E-state index in [-0.39, 0.29) is 0 Å². The molecule has 0 spiro atoms. The molecule has 92 valence electrons. The van der Waals surface area contributed by atoms with Crippen LogP contribution in [0.15, 0.2) is 18.5 Å². The van der Waals surface area contributed by atoms with Crippen LogP contribution in [0.2, 0.25) is 0 Å². The molecule has 0 saturated carbocycles. The van der Waals surface area contributed by atoms with Gasteiger partial charge in [0.05, 0.1) is 30.2 Å². The van der Waals surface area contributed by atoms with E-state index in [0.29, 0.717) is 13.1 Å². The third-order valence-corrected chi connectivity index (χ3v) is 2.64. The van der Waals surface area contributed by atoms with Crippen molar-refractivity contribution in [3.63, 3.8) is 0 Å². The van der Waals surface area contributed by atoms with E-state index in [9.17, 15) is 4.39 Å². The number of alkyl halides is 1. The molecule has 0 aliphatic heterocycles. The smallest absolute Gasteiger partial charge is 0.109 e. The highest BCUT2D eigenvalue weighted by atomic mass is 19.1. The second-order valence-corrected chi connectivity index (χ2v) is 3.88. The lowest BCUT2D eigenvalue weighted by Crippen LogP contribution is -2.05. The van der Waals surface area contributed by atoms with Crippen molar-refractivity contribution in [2.24, 2.45) is 7.05 Å². The third kappa shape index (κ3) is 2.64. The monoisotopic (exact) mass is 237 g/mol. The highest BCUT2D eigenvalue weighted by Crippen LogP contribution is 2.13. The lowest BCUT2D eigenvalue weighted by molar-refractivity contribution is 0.426. The number of hydrogen-bond donors (Lipinski definition) is 1. The Balaban J connectivity index is 2.01. The molecule has 17 heavy (non-hydrogen) atoms. The second-order valence-electron chi connectivity index (χ2n) is 3.88. The molecule has 2 aromatic rings. The molecule has 0 radical (unpaired) electrons. The van der Waals surface area contributed by atoms with E-state index in [1.54, 1.807) is 10.9 Å². The first-order valence-corrected chi connectivity index (χ1v) is 5.51. The van der Waals surface area contributed by atoms with Crippen LogP contribution in [-0.2, 0) is 20.1 Å². The standard InChI is InChI=1S/C11H16FN5/c1-9-11(8-17(15-9)6-4-12)13-7-10-3-5-14-16(10)2/h3,5,8,13H,4,6-7H2,1-2H3. The van der Waals surface area contributed by atoms with Crippen LogP contribution in [0.5, 0.6) is 0 Å². The predicted octanol–water partition coefficient (Wildman–Crippen LogP) is 1.51. The first kappa shape index (κ1) is 11.6. The maximum Gasteiger partial charge on any atom is 0.109 e. The summed E-state index contributed by atoms with van der Waals surface area (Å²) < 4.78 is 15.6. The van der Waals surface area contributed by atoms with Gasteiger partial charge in [-0.15, -0.1) is 0 Å². The molecule has 0 saturated heterocycles. The normalized spacial score (nSPS) is 10.8. The molecule has 0 aliphatic carbocycles. The van der Waals surface area contributed by atoms with Gasteiger partial charge in [-0.25, -0.2) is 4.39 Å². The van der Waals surface area contributed by atoms with Crippen molar-refractivity contribution in [1.29, 1.82) is 0 Å². The minimum Gasteiger partial charge on any atom is -0.377 e. The molecule has 0 atom stereocenters. The van der Waals surface area contributed by atoms with Crippen LogP contribution in [0.25, 0.3) is 0 Å². The maximum atomic E-state index is 12.2. The largest absolute Gasteiger partial charge is 0.377 e. The molecule has 0 bridgehead atoms. The topological polar surface area (TPSA) is 47.7 Å². The highest BCUT2D eigenvalue weighted by molar-refractivity contribution is 5.45. The molecule has 0 amide bonds.